The van der Waals surface area contributed by atoms with Crippen molar-refractivity contribution in [3.8, 4) is 5.75 Å². The molecule has 2 aliphatic rings. The van der Waals surface area contributed by atoms with Crippen molar-refractivity contribution < 1.29 is 4.74 Å². The van der Waals surface area contributed by atoms with Gasteiger partial charge in [-0.15, -0.1) is 5.10 Å². The number of fused-ring (bicyclic) bond motifs is 3. The molecule has 0 saturated heterocycles. The molecule has 33 heavy (non-hydrogen) atoms. The normalized spacial score (nSPS) is 18.6. The van der Waals surface area contributed by atoms with Crippen molar-refractivity contribution in [3.63, 3.8) is 0 Å². The summed E-state index contributed by atoms with van der Waals surface area (Å²) in [5, 5.41) is 9.22. The Morgan fingerprint density at radius 3 is 2.52 bits per heavy atom. The third-order valence-corrected chi connectivity index (χ3v) is 6.82. The number of nitrogens with zero attached hydrogens (tertiary/aromatic N) is 3. The molecule has 0 spiro atoms. The third kappa shape index (κ3) is 3.33. The van der Waals surface area contributed by atoms with Crippen LogP contribution in [-0.2, 0) is 0 Å². The molecule has 3 aromatic carbocycles. The second kappa shape index (κ2) is 7.81. The zero-order valence-electron chi connectivity index (χ0n) is 18.7. The standard InChI is InChI=1S/C27H24N4OS/c1-16-11-13-18(14-12-16)24-22-23(28-26-29-27(33-3)30-31(24)26)20-9-4-5-10-21(20)32-25(22)19-8-6-7-17(2)15-19/h4-15,24-25H,1-3H3,(H,28,29,30)/t24-,25+/m0/s1. The lowest BCUT2D eigenvalue weighted by atomic mass is 9.84. The lowest BCUT2D eigenvalue weighted by Gasteiger charge is -2.39. The molecule has 2 aliphatic heterocycles. The Labute approximate surface area is 197 Å². The predicted octanol–water partition coefficient (Wildman–Crippen LogP) is 6.18. The van der Waals surface area contributed by atoms with Crippen molar-refractivity contribution in [3.05, 3.63) is 106 Å². The molecule has 0 aliphatic carbocycles. The number of hydrogen-bond donors (Lipinski definition) is 1. The van der Waals surface area contributed by atoms with Crippen LogP contribution in [0.4, 0.5) is 5.95 Å². The van der Waals surface area contributed by atoms with E-state index in [2.05, 4.69) is 79.8 Å². The first-order valence-corrected chi connectivity index (χ1v) is 12.3. The van der Waals surface area contributed by atoms with Gasteiger partial charge < -0.3 is 10.1 Å². The van der Waals surface area contributed by atoms with E-state index in [1.165, 1.54) is 11.1 Å². The highest BCUT2D eigenvalue weighted by atomic mass is 32.2. The van der Waals surface area contributed by atoms with Crippen molar-refractivity contribution in [1.82, 2.24) is 14.8 Å². The summed E-state index contributed by atoms with van der Waals surface area (Å²) in [5.41, 5.74) is 7.98. The molecule has 1 N–H and O–H groups in total. The highest BCUT2D eigenvalue weighted by molar-refractivity contribution is 7.98. The van der Waals surface area contributed by atoms with Crippen LogP contribution in [0.15, 0.2) is 83.5 Å². The predicted molar refractivity (Wildman–Crippen MR) is 133 cm³/mol. The SMILES string of the molecule is CSc1nc2n(n1)[C@@H](c1ccc(C)cc1)C1=C(N2)c2ccccc2O[C@@H]1c1cccc(C)c1. The number of rotatable bonds is 3. The quantitative estimate of drug-likeness (QED) is 0.376. The van der Waals surface area contributed by atoms with E-state index in [1.807, 2.05) is 23.1 Å². The van der Waals surface area contributed by atoms with Crippen LogP contribution < -0.4 is 10.1 Å². The number of thioether (sulfide) groups is 1. The van der Waals surface area contributed by atoms with Gasteiger partial charge in [0.25, 0.3) is 0 Å². The Morgan fingerprint density at radius 1 is 0.909 bits per heavy atom. The summed E-state index contributed by atoms with van der Waals surface area (Å²) in [6.07, 6.45) is 1.76. The Bertz CT molecular complexity index is 1390. The van der Waals surface area contributed by atoms with Gasteiger partial charge in [-0.25, -0.2) is 4.68 Å². The summed E-state index contributed by atoms with van der Waals surface area (Å²) in [4.78, 5) is 4.77. The first kappa shape index (κ1) is 20.1. The van der Waals surface area contributed by atoms with E-state index in [0.29, 0.717) is 0 Å². The number of para-hydroxylation sites is 1. The first-order valence-electron chi connectivity index (χ1n) is 11.0. The van der Waals surface area contributed by atoms with Crippen LogP contribution in [0.2, 0.25) is 0 Å². The minimum atomic E-state index is -0.247. The molecule has 0 bridgehead atoms. The van der Waals surface area contributed by atoms with E-state index in [-0.39, 0.29) is 12.1 Å². The van der Waals surface area contributed by atoms with Gasteiger partial charge in [-0.1, -0.05) is 83.6 Å². The maximum absolute atomic E-state index is 6.70. The monoisotopic (exact) mass is 452 g/mol. The zero-order chi connectivity index (χ0) is 22.5. The summed E-state index contributed by atoms with van der Waals surface area (Å²) < 4.78 is 8.71. The Kier molecular flexibility index (Phi) is 4.76. The summed E-state index contributed by atoms with van der Waals surface area (Å²) in [6, 6.07) is 25.3. The molecule has 0 saturated carbocycles. The van der Waals surface area contributed by atoms with Gasteiger partial charge in [0, 0.05) is 11.1 Å². The van der Waals surface area contributed by atoms with Gasteiger partial charge in [-0.3, -0.25) is 0 Å². The molecular weight excluding hydrogens is 428 g/mol. The fraction of sp³-hybridized carbons (Fsp3) is 0.185. The molecule has 5 nitrogen and oxygen atoms in total. The fourth-order valence-corrected chi connectivity index (χ4v) is 5.07. The summed E-state index contributed by atoms with van der Waals surface area (Å²) in [6.45, 7) is 4.23. The lowest BCUT2D eigenvalue weighted by molar-refractivity contribution is 0.223. The van der Waals surface area contributed by atoms with Gasteiger partial charge in [0.15, 0.2) is 0 Å². The highest BCUT2D eigenvalue weighted by Crippen LogP contribution is 2.50. The molecule has 4 aromatic rings. The fourth-order valence-electron chi connectivity index (χ4n) is 4.72. The Balaban J connectivity index is 1.64. The van der Waals surface area contributed by atoms with Crippen LogP contribution in [0, 0.1) is 13.8 Å². The van der Waals surface area contributed by atoms with Gasteiger partial charge in [0.05, 0.1) is 5.70 Å². The van der Waals surface area contributed by atoms with Gasteiger partial charge in [0.2, 0.25) is 11.1 Å². The number of aryl methyl sites for hydroxylation is 2. The third-order valence-electron chi connectivity index (χ3n) is 6.28. The molecule has 3 heterocycles. The molecule has 2 atom stereocenters. The number of benzene rings is 3. The van der Waals surface area contributed by atoms with E-state index >= 15 is 0 Å². The van der Waals surface area contributed by atoms with Crippen molar-refractivity contribution >= 4 is 23.4 Å². The largest absolute Gasteiger partial charge is 0.480 e. The van der Waals surface area contributed by atoms with E-state index in [4.69, 9.17) is 14.8 Å². The molecule has 6 heteroatoms. The summed E-state index contributed by atoms with van der Waals surface area (Å²) >= 11 is 1.55. The van der Waals surface area contributed by atoms with Crippen molar-refractivity contribution in [2.24, 2.45) is 0 Å². The van der Waals surface area contributed by atoms with Crippen LogP contribution in [0.5, 0.6) is 5.75 Å². The van der Waals surface area contributed by atoms with Crippen LogP contribution in [0.1, 0.15) is 40.0 Å². The molecular formula is C27H24N4OS. The topological polar surface area (TPSA) is 52.0 Å². The van der Waals surface area contributed by atoms with Gasteiger partial charge in [-0.2, -0.15) is 4.98 Å². The van der Waals surface area contributed by atoms with E-state index in [0.717, 1.165) is 44.8 Å². The first-order chi connectivity index (χ1) is 16.1. The van der Waals surface area contributed by atoms with Gasteiger partial charge >= 0.3 is 0 Å². The average Bonchev–Trinajstić information content (AvgIpc) is 3.26. The molecule has 0 amide bonds. The average molecular weight is 453 g/mol. The number of anilines is 1. The summed E-state index contributed by atoms with van der Waals surface area (Å²) in [5.74, 6) is 1.62. The van der Waals surface area contributed by atoms with Crippen molar-refractivity contribution in [2.45, 2.75) is 31.1 Å². The molecule has 0 radical (unpaired) electrons. The lowest BCUT2D eigenvalue weighted by Crippen LogP contribution is -2.32. The van der Waals surface area contributed by atoms with Gasteiger partial charge in [-0.05, 0) is 43.4 Å². The maximum Gasteiger partial charge on any atom is 0.227 e. The minimum Gasteiger partial charge on any atom is -0.480 e. The number of ether oxygens (including phenoxy) is 1. The Hall–Kier alpha value is -3.51. The molecule has 1 aromatic heterocycles. The zero-order valence-corrected chi connectivity index (χ0v) is 19.6. The number of hydrogen-bond acceptors (Lipinski definition) is 5. The van der Waals surface area contributed by atoms with Gasteiger partial charge in [0.1, 0.15) is 17.9 Å². The smallest absolute Gasteiger partial charge is 0.227 e. The second-order valence-corrected chi connectivity index (χ2v) is 9.32. The molecule has 164 valence electrons. The van der Waals surface area contributed by atoms with E-state index in [9.17, 15) is 0 Å². The maximum atomic E-state index is 6.70. The number of aromatic nitrogens is 3. The van der Waals surface area contributed by atoms with Crippen LogP contribution in [0.3, 0.4) is 0 Å². The van der Waals surface area contributed by atoms with Crippen LogP contribution in [-0.4, -0.2) is 21.0 Å². The molecule has 0 unspecified atom stereocenters. The Morgan fingerprint density at radius 2 is 1.73 bits per heavy atom. The van der Waals surface area contributed by atoms with E-state index in [1.54, 1.807) is 11.8 Å². The highest BCUT2D eigenvalue weighted by Gasteiger charge is 2.41. The van der Waals surface area contributed by atoms with E-state index < -0.39 is 0 Å². The van der Waals surface area contributed by atoms with Crippen LogP contribution in [0.25, 0.3) is 5.70 Å². The minimum absolute atomic E-state index is 0.135. The van der Waals surface area contributed by atoms with Crippen molar-refractivity contribution in [1.29, 1.82) is 0 Å². The summed E-state index contributed by atoms with van der Waals surface area (Å²) in [7, 11) is 0. The van der Waals surface area contributed by atoms with Crippen molar-refractivity contribution in [2.75, 3.05) is 11.6 Å². The second-order valence-electron chi connectivity index (χ2n) is 8.54. The number of nitrogens with one attached hydrogen (secondary N) is 1. The van der Waals surface area contributed by atoms with Crippen LogP contribution >= 0.6 is 11.8 Å². The molecule has 0 fully saturated rings. The molecule has 6 rings (SSSR count).